The van der Waals surface area contributed by atoms with Crippen LogP contribution in [0.1, 0.15) is 23.6 Å². The van der Waals surface area contributed by atoms with Crippen molar-refractivity contribution in [2.75, 3.05) is 44.0 Å². The number of aromatic nitrogens is 1. The molecule has 0 radical (unpaired) electrons. The number of nitrogens with one attached hydrogen (secondary N) is 2. The predicted octanol–water partition coefficient (Wildman–Crippen LogP) is 3.20. The second-order valence-corrected chi connectivity index (χ2v) is 7.80. The summed E-state index contributed by atoms with van der Waals surface area (Å²) in [7, 11) is 0. The highest BCUT2D eigenvalue weighted by molar-refractivity contribution is 7.98. The number of thioether (sulfide) groups is 1. The first-order valence-electron chi connectivity index (χ1n) is 10.1. The lowest BCUT2D eigenvalue weighted by Crippen LogP contribution is -2.39. The molecule has 2 heterocycles. The third-order valence-electron chi connectivity index (χ3n) is 4.82. The van der Waals surface area contributed by atoms with Gasteiger partial charge in [-0.3, -0.25) is 0 Å². The molecule has 3 rings (SSSR count). The molecule has 0 amide bonds. The Hall–Kier alpha value is -2.25. The van der Waals surface area contributed by atoms with E-state index in [1.807, 2.05) is 12.3 Å². The first-order valence-corrected chi connectivity index (χ1v) is 11.4. The Balaban J connectivity index is 1.69. The minimum absolute atomic E-state index is 0.648. The van der Waals surface area contributed by atoms with Crippen LogP contribution in [0, 0.1) is 6.92 Å². The number of anilines is 1. The predicted molar refractivity (Wildman–Crippen MR) is 122 cm³/mol. The third-order valence-corrected chi connectivity index (χ3v) is 5.64. The second kappa shape index (κ2) is 11.1. The van der Waals surface area contributed by atoms with E-state index in [0.29, 0.717) is 13.1 Å². The molecule has 2 N–H and O–H groups in total. The van der Waals surface area contributed by atoms with Crippen LogP contribution in [0.2, 0.25) is 0 Å². The fourth-order valence-corrected chi connectivity index (χ4v) is 3.99. The van der Waals surface area contributed by atoms with E-state index in [0.717, 1.165) is 44.6 Å². The minimum Gasteiger partial charge on any atom is -0.378 e. The number of pyridine rings is 1. The van der Waals surface area contributed by atoms with Crippen molar-refractivity contribution < 1.29 is 4.74 Å². The van der Waals surface area contributed by atoms with Crippen LogP contribution >= 0.6 is 11.8 Å². The van der Waals surface area contributed by atoms with Crippen LogP contribution < -0.4 is 15.5 Å². The van der Waals surface area contributed by atoms with Gasteiger partial charge in [0.2, 0.25) is 0 Å². The fourth-order valence-electron chi connectivity index (χ4n) is 3.30. The van der Waals surface area contributed by atoms with Crippen LogP contribution in [-0.2, 0) is 17.8 Å². The molecule has 1 fully saturated rings. The molecule has 7 heteroatoms. The summed E-state index contributed by atoms with van der Waals surface area (Å²) >= 11 is 1.77. The molecule has 2 aromatic rings. The maximum absolute atomic E-state index is 5.48. The van der Waals surface area contributed by atoms with Gasteiger partial charge in [-0.05, 0) is 43.4 Å². The van der Waals surface area contributed by atoms with Crippen LogP contribution in [0.3, 0.4) is 0 Å². The number of ether oxygens (including phenoxy) is 1. The number of hydrogen-bond acceptors (Lipinski definition) is 5. The standard InChI is InChI=1S/C22H31N5OS/c1-4-23-22(25-15-18-8-7-17(2)14-20(18)29-3)26-16-19-6-5-9-24-21(19)27-10-12-28-13-11-27/h5-9,14H,4,10-13,15-16H2,1-3H3,(H2,23,25,26). The van der Waals surface area contributed by atoms with E-state index in [-0.39, 0.29) is 0 Å². The smallest absolute Gasteiger partial charge is 0.191 e. The van der Waals surface area contributed by atoms with Crippen LogP contribution in [0.4, 0.5) is 5.82 Å². The highest BCUT2D eigenvalue weighted by atomic mass is 32.2. The average Bonchev–Trinajstić information content (AvgIpc) is 2.77. The normalized spacial score (nSPS) is 14.7. The monoisotopic (exact) mass is 413 g/mol. The topological polar surface area (TPSA) is 61.8 Å². The number of aliphatic imine (C=N–C) groups is 1. The molecule has 1 aliphatic heterocycles. The number of guanidine groups is 1. The lowest BCUT2D eigenvalue weighted by Gasteiger charge is -2.29. The van der Waals surface area contributed by atoms with Gasteiger partial charge in [-0.25, -0.2) is 9.98 Å². The molecule has 0 aliphatic carbocycles. The van der Waals surface area contributed by atoms with Crippen LogP contribution in [-0.4, -0.2) is 50.0 Å². The van der Waals surface area contributed by atoms with Gasteiger partial charge in [0.05, 0.1) is 19.8 Å². The van der Waals surface area contributed by atoms with E-state index in [4.69, 9.17) is 9.73 Å². The summed E-state index contributed by atoms with van der Waals surface area (Å²) in [5.74, 6) is 1.85. The van der Waals surface area contributed by atoms with Crippen molar-refractivity contribution in [3.05, 3.63) is 53.2 Å². The largest absolute Gasteiger partial charge is 0.378 e. The summed E-state index contributed by atoms with van der Waals surface area (Å²) in [5.41, 5.74) is 3.69. The first-order chi connectivity index (χ1) is 14.2. The summed E-state index contributed by atoms with van der Waals surface area (Å²) in [5, 5.41) is 6.82. The van der Waals surface area contributed by atoms with Gasteiger partial charge in [-0.15, -0.1) is 11.8 Å². The Morgan fingerprint density at radius 2 is 2.03 bits per heavy atom. The molecule has 1 aromatic carbocycles. The first kappa shape index (κ1) is 21.5. The molecule has 0 saturated carbocycles. The van der Waals surface area contributed by atoms with Crippen molar-refractivity contribution in [1.29, 1.82) is 0 Å². The summed E-state index contributed by atoms with van der Waals surface area (Å²) in [4.78, 5) is 13.0. The van der Waals surface area contributed by atoms with Gasteiger partial charge in [0.15, 0.2) is 5.96 Å². The van der Waals surface area contributed by atoms with Gasteiger partial charge in [0.25, 0.3) is 0 Å². The lowest BCUT2D eigenvalue weighted by atomic mass is 10.1. The van der Waals surface area contributed by atoms with Gasteiger partial charge in [-0.2, -0.15) is 0 Å². The Morgan fingerprint density at radius 1 is 1.21 bits per heavy atom. The summed E-state index contributed by atoms with van der Waals surface area (Å²) < 4.78 is 5.48. The Kier molecular flexibility index (Phi) is 8.19. The molecule has 0 bridgehead atoms. The summed E-state index contributed by atoms with van der Waals surface area (Å²) in [6.07, 6.45) is 3.97. The average molecular weight is 414 g/mol. The highest BCUT2D eigenvalue weighted by Crippen LogP contribution is 2.22. The van der Waals surface area contributed by atoms with Crippen molar-refractivity contribution in [3.63, 3.8) is 0 Å². The van der Waals surface area contributed by atoms with Gasteiger partial charge in [0, 0.05) is 42.8 Å². The number of nitrogens with zero attached hydrogens (tertiary/aromatic N) is 3. The molecule has 6 nitrogen and oxygen atoms in total. The summed E-state index contributed by atoms with van der Waals surface area (Å²) in [6, 6.07) is 10.7. The van der Waals surface area contributed by atoms with E-state index < -0.39 is 0 Å². The fraction of sp³-hybridized carbons (Fsp3) is 0.455. The Bertz CT molecular complexity index is 821. The zero-order valence-electron chi connectivity index (χ0n) is 17.6. The van der Waals surface area contributed by atoms with E-state index in [2.05, 4.69) is 64.9 Å². The molecule has 0 spiro atoms. The molecular weight excluding hydrogens is 382 g/mol. The van der Waals surface area contributed by atoms with Crippen LogP contribution in [0.15, 0.2) is 46.4 Å². The zero-order chi connectivity index (χ0) is 20.5. The highest BCUT2D eigenvalue weighted by Gasteiger charge is 2.16. The molecular formula is C22H31N5OS. The van der Waals surface area contributed by atoms with E-state index in [1.165, 1.54) is 21.6 Å². The van der Waals surface area contributed by atoms with E-state index in [1.54, 1.807) is 11.8 Å². The lowest BCUT2D eigenvalue weighted by molar-refractivity contribution is 0.122. The third kappa shape index (κ3) is 6.11. The Labute approximate surface area is 178 Å². The summed E-state index contributed by atoms with van der Waals surface area (Å²) in [6.45, 7) is 9.61. The van der Waals surface area contributed by atoms with Gasteiger partial charge in [0.1, 0.15) is 5.82 Å². The van der Waals surface area contributed by atoms with E-state index >= 15 is 0 Å². The van der Waals surface area contributed by atoms with Crippen molar-refractivity contribution >= 4 is 23.5 Å². The molecule has 0 atom stereocenters. The molecule has 156 valence electrons. The van der Waals surface area contributed by atoms with Crippen molar-refractivity contribution in [2.45, 2.75) is 31.8 Å². The molecule has 1 aromatic heterocycles. The maximum atomic E-state index is 5.48. The molecule has 0 unspecified atom stereocenters. The molecule has 1 saturated heterocycles. The van der Waals surface area contributed by atoms with Crippen molar-refractivity contribution in [1.82, 2.24) is 15.6 Å². The number of morpholine rings is 1. The quantitative estimate of drug-likeness (QED) is 0.413. The number of benzene rings is 1. The SMILES string of the molecule is CCNC(=NCc1ccc(C)cc1SC)NCc1cccnc1N1CCOCC1. The van der Waals surface area contributed by atoms with E-state index in [9.17, 15) is 0 Å². The van der Waals surface area contributed by atoms with Crippen LogP contribution in [0.25, 0.3) is 0 Å². The minimum atomic E-state index is 0.648. The second-order valence-electron chi connectivity index (χ2n) is 6.95. The van der Waals surface area contributed by atoms with Crippen molar-refractivity contribution in [3.8, 4) is 0 Å². The maximum Gasteiger partial charge on any atom is 0.191 e. The van der Waals surface area contributed by atoms with Gasteiger partial charge in [-0.1, -0.05) is 18.2 Å². The molecule has 29 heavy (non-hydrogen) atoms. The number of rotatable bonds is 7. The molecule has 1 aliphatic rings. The number of aryl methyl sites for hydroxylation is 1. The Morgan fingerprint density at radius 3 is 2.79 bits per heavy atom. The van der Waals surface area contributed by atoms with Crippen molar-refractivity contribution in [2.24, 2.45) is 4.99 Å². The van der Waals surface area contributed by atoms with Gasteiger partial charge >= 0.3 is 0 Å². The number of hydrogen-bond donors (Lipinski definition) is 2. The zero-order valence-corrected chi connectivity index (χ0v) is 18.4. The van der Waals surface area contributed by atoms with Gasteiger partial charge < -0.3 is 20.3 Å². The van der Waals surface area contributed by atoms with Crippen LogP contribution in [0.5, 0.6) is 0 Å².